The molecule has 1 saturated carbocycles. The highest BCUT2D eigenvalue weighted by atomic mass is 32.2. The van der Waals surface area contributed by atoms with Crippen LogP contribution >= 0.6 is 0 Å². The summed E-state index contributed by atoms with van der Waals surface area (Å²) in [7, 11) is -4.38. The summed E-state index contributed by atoms with van der Waals surface area (Å²) < 4.78 is 76.2. The summed E-state index contributed by atoms with van der Waals surface area (Å²) in [6, 6.07) is 14.2. The normalized spacial score (nSPS) is 24.0. The second kappa shape index (κ2) is 9.00. The number of nitrogens with zero attached hydrogens (tertiary/aromatic N) is 3. The zero-order valence-corrected chi connectivity index (χ0v) is 17.6. The van der Waals surface area contributed by atoms with Crippen LogP contribution in [0.5, 0.6) is 0 Å². The topological polar surface area (TPSA) is 86.1 Å². The molecule has 3 atom stereocenters. The Kier molecular flexibility index (Phi) is 6.31. The molecule has 32 heavy (non-hydrogen) atoms. The van der Waals surface area contributed by atoms with Crippen LogP contribution in [0.3, 0.4) is 0 Å². The molecule has 0 radical (unpaired) electrons. The minimum absolute atomic E-state index is 0.187. The van der Waals surface area contributed by atoms with Crippen molar-refractivity contribution in [3.05, 3.63) is 67.3 Å². The standard InChI is InChI=1S/C21H21F3N4O3S/c22-19-18(28-13-25-26-14-28)7-4-12-21(19,31-20(23)24)27-32(29,30)17-10-8-16(9-11-17)15-5-2-1-3-6-15/h1-3,5-6,8-11,13-14,18-20,27H,4,7,12H2/t18-,19?,21+/m1/s1. The molecule has 1 N–H and O–H groups in total. The van der Waals surface area contributed by atoms with E-state index in [9.17, 15) is 17.2 Å². The molecule has 0 bridgehead atoms. The van der Waals surface area contributed by atoms with Crippen molar-refractivity contribution in [2.45, 2.75) is 48.7 Å². The Bertz CT molecular complexity index is 1130. The molecule has 170 valence electrons. The van der Waals surface area contributed by atoms with E-state index in [1.165, 1.54) is 29.4 Å². The van der Waals surface area contributed by atoms with E-state index in [0.717, 1.165) is 11.1 Å². The van der Waals surface area contributed by atoms with Gasteiger partial charge in [-0.15, -0.1) is 10.2 Å². The Morgan fingerprint density at radius 1 is 1.03 bits per heavy atom. The van der Waals surface area contributed by atoms with Crippen LogP contribution in [0.2, 0.25) is 0 Å². The van der Waals surface area contributed by atoms with E-state index in [2.05, 4.69) is 19.7 Å². The quantitative estimate of drug-likeness (QED) is 0.534. The van der Waals surface area contributed by atoms with E-state index in [-0.39, 0.29) is 17.7 Å². The van der Waals surface area contributed by atoms with E-state index in [4.69, 9.17) is 0 Å². The molecule has 4 rings (SSSR count). The maximum absolute atomic E-state index is 15.6. The Hall–Kier alpha value is -2.76. The molecule has 0 saturated heterocycles. The average Bonchev–Trinajstić information content (AvgIpc) is 3.30. The van der Waals surface area contributed by atoms with Gasteiger partial charge in [0.25, 0.3) is 0 Å². The van der Waals surface area contributed by atoms with Crippen LogP contribution in [-0.2, 0) is 14.8 Å². The van der Waals surface area contributed by atoms with Gasteiger partial charge in [0.05, 0.1) is 10.9 Å². The molecule has 0 amide bonds. The van der Waals surface area contributed by atoms with Gasteiger partial charge in [0.15, 0.2) is 11.9 Å². The summed E-state index contributed by atoms with van der Waals surface area (Å²) in [4.78, 5) is -0.187. The van der Waals surface area contributed by atoms with Gasteiger partial charge < -0.3 is 4.57 Å². The van der Waals surface area contributed by atoms with Gasteiger partial charge >= 0.3 is 6.61 Å². The van der Waals surface area contributed by atoms with Crippen molar-refractivity contribution < 1.29 is 26.3 Å². The van der Waals surface area contributed by atoms with Gasteiger partial charge in [-0.25, -0.2) is 12.8 Å². The summed E-state index contributed by atoms with van der Waals surface area (Å²) >= 11 is 0. The Labute approximate surface area is 183 Å². The number of aromatic nitrogens is 3. The Balaban J connectivity index is 1.63. The van der Waals surface area contributed by atoms with Gasteiger partial charge in [0.2, 0.25) is 10.0 Å². The van der Waals surface area contributed by atoms with Crippen LogP contribution in [-0.4, -0.2) is 41.7 Å². The molecular formula is C21H21F3N4O3S. The third kappa shape index (κ3) is 4.54. The van der Waals surface area contributed by atoms with E-state index in [0.29, 0.717) is 6.42 Å². The van der Waals surface area contributed by atoms with Crippen molar-refractivity contribution in [2.75, 3.05) is 0 Å². The van der Waals surface area contributed by atoms with Gasteiger partial charge in [0.1, 0.15) is 12.7 Å². The molecule has 2 aromatic carbocycles. The van der Waals surface area contributed by atoms with Crippen LogP contribution in [0.1, 0.15) is 25.3 Å². The van der Waals surface area contributed by atoms with Gasteiger partial charge in [-0.3, -0.25) is 4.74 Å². The SMILES string of the molecule is O=S(=O)(N[C@]1(OC(F)F)CCC[C@@H](n2cnnc2)C1F)c1ccc(-c2ccccc2)cc1. The molecule has 1 unspecified atom stereocenters. The van der Waals surface area contributed by atoms with Crippen molar-refractivity contribution in [3.8, 4) is 11.1 Å². The van der Waals surface area contributed by atoms with Gasteiger partial charge in [0, 0.05) is 0 Å². The summed E-state index contributed by atoms with van der Waals surface area (Å²) in [6.45, 7) is -3.38. The number of rotatable bonds is 7. The molecule has 7 nitrogen and oxygen atoms in total. The van der Waals surface area contributed by atoms with Crippen molar-refractivity contribution in [3.63, 3.8) is 0 Å². The van der Waals surface area contributed by atoms with E-state index >= 15 is 4.39 Å². The highest BCUT2D eigenvalue weighted by molar-refractivity contribution is 7.89. The fourth-order valence-electron chi connectivity index (χ4n) is 4.01. The summed E-state index contributed by atoms with van der Waals surface area (Å²) in [5, 5.41) is 7.23. The van der Waals surface area contributed by atoms with Gasteiger partial charge in [-0.2, -0.15) is 13.5 Å². The highest BCUT2D eigenvalue weighted by Crippen LogP contribution is 2.40. The van der Waals surface area contributed by atoms with E-state index < -0.39 is 34.6 Å². The number of hydrogen-bond acceptors (Lipinski definition) is 5. The lowest BCUT2D eigenvalue weighted by molar-refractivity contribution is -0.248. The lowest BCUT2D eigenvalue weighted by Gasteiger charge is -2.43. The molecule has 0 aliphatic heterocycles. The first-order chi connectivity index (χ1) is 15.3. The third-order valence-electron chi connectivity index (χ3n) is 5.53. The molecule has 1 fully saturated rings. The maximum Gasteiger partial charge on any atom is 0.347 e. The van der Waals surface area contributed by atoms with Crippen LogP contribution in [0.15, 0.2) is 72.1 Å². The number of ether oxygens (including phenoxy) is 1. The molecule has 1 aliphatic rings. The molecule has 0 spiro atoms. The Morgan fingerprint density at radius 2 is 1.66 bits per heavy atom. The minimum Gasteiger partial charge on any atom is -0.314 e. The summed E-state index contributed by atoms with van der Waals surface area (Å²) in [6.07, 6.45) is 0.712. The van der Waals surface area contributed by atoms with Crippen molar-refractivity contribution >= 4 is 10.0 Å². The number of sulfonamides is 1. The summed E-state index contributed by atoms with van der Waals surface area (Å²) in [5.41, 5.74) is -0.773. The number of nitrogens with one attached hydrogen (secondary N) is 1. The monoisotopic (exact) mass is 466 g/mol. The second-order valence-electron chi connectivity index (χ2n) is 7.53. The zero-order valence-electron chi connectivity index (χ0n) is 16.8. The number of hydrogen-bond donors (Lipinski definition) is 1. The van der Waals surface area contributed by atoms with Gasteiger partial charge in [-0.1, -0.05) is 42.5 Å². The fourth-order valence-corrected chi connectivity index (χ4v) is 5.34. The maximum atomic E-state index is 15.6. The first-order valence-electron chi connectivity index (χ1n) is 9.94. The second-order valence-corrected chi connectivity index (χ2v) is 9.22. The number of benzene rings is 2. The van der Waals surface area contributed by atoms with Crippen LogP contribution in [0.25, 0.3) is 11.1 Å². The first-order valence-corrected chi connectivity index (χ1v) is 11.4. The van der Waals surface area contributed by atoms with Crippen molar-refractivity contribution in [1.82, 2.24) is 19.5 Å². The average molecular weight is 466 g/mol. The predicted molar refractivity (Wildman–Crippen MR) is 110 cm³/mol. The van der Waals surface area contributed by atoms with Crippen LogP contribution in [0, 0.1) is 0 Å². The number of halogens is 3. The third-order valence-corrected chi connectivity index (χ3v) is 7.04. The van der Waals surface area contributed by atoms with Gasteiger partial charge in [-0.05, 0) is 42.5 Å². The smallest absolute Gasteiger partial charge is 0.314 e. The fraction of sp³-hybridized carbons (Fsp3) is 0.333. The first kappa shape index (κ1) is 22.4. The predicted octanol–water partition coefficient (Wildman–Crippen LogP) is 3.92. The molecule has 1 heterocycles. The van der Waals surface area contributed by atoms with Crippen molar-refractivity contribution in [1.29, 1.82) is 0 Å². The van der Waals surface area contributed by atoms with E-state index in [1.807, 2.05) is 30.3 Å². The van der Waals surface area contributed by atoms with Crippen molar-refractivity contribution in [2.24, 2.45) is 0 Å². The van der Waals surface area contributed by atoms with Crippen LogP contribution < -0.4 is 4.72 Å². The summed E-state index contributed by atoms with van der Waals surface area (Å²) in [5.74, 6) is 0. The van der Waals surface area contributed by atoms with E-state index in [1.54, 1.807) is 12.1 Å². The highest BCUT2D eigenvalue weighted by Gasteiger charge is 2.52. The lowest BCUT2D eigenvalue weighted by Crippen LogP contribution is -2.61. The molecule has 3 aromatic rings. The minimum atomic E-state index is -4.38. The van der Waals surface area contributed by atoms with Crippen LogP contribution in [0.4, 0.5) is 13.2 Å². The lowest BCUT2D eigenvalue weighted by atomic mass is 9.86. The zero-order chi connectivity index (χ0) is 22.8. The molecular weight excluding hydrogens is 445 g/mol. The number of alkyl halides is 3. The largest absolute Gasteiger partial charge is 0.347 e. The Morgan fingerprint density at radius 3 is 2.28 bits per heavy atom. The molecule has 1 aromatic heterocycles. The molecule has 11 heteroatoms. The molecule has 1 aliphatic carbocycles.